The molecule has 2 aromatic rings. The van der Waals surface area contributed by atoms with Crippen molar-refractivity contribution in [2.45, 2.75) is 26.8 Å². The number of likely N-dealkylation sites (N-methyl/N-ethyl adjacent to an activating group) is 1. The van der Waals surface area contributed by atoms with Crippen LogP contribution in [0, 0.1) is 0 Å². The molecule has 0 bridgehead atoms. The Morgan fingerprint density at radius 3 is 2.10 bits per heavy atom. The highest BCUT2D eigenvalue weighted by Crippen LogP contribution is 2.40. The molecule has 0 unspecified atom stereocenters. The fourth-order valence-electron chi connectivity index (χ4n) is 3.80. The molecular formula is C24H32N2O4. The quantitative estimate of drug-likeness (QED) is 0.656. The molecule has 0 N–H and O–H groups in total. The van der Waals surface area contributed by atoms with E-state index in [1.54, 1.807) is 12.1 Å². The van der Waals surface area contributed by atoms with Gasteiger partial charge in [0.15, 0.2) is 11.5 Å². The van der Waals surface area contributed by atoms with E-state index in [0.717, 1.165) is 18.7 Å². The number of carbonyl (C=O) groups is 1. The molecule has 6 heteroatoms. The van der Waals surface area contributed by atoms with E-state index in [0.29, 0.717) is 49.2 Å². The van der Waals surface area contributed by atoms with Gasteiger partial charge in [-0.15, -0.1) is 0 Å². The Kier molecular flexibility index (Phi) is 7.57. The minimum atomic E-state index is -0.0260. The van der Waals surface area contributed by atoms with Gasteiger partial charge in [-0.1, -0.05) is 30.3 Å². The molecule has 30 heavy (non-hydrogen) atoms. The third-order valence-electron chi connectivity index (χ3n) is 5.18. The Labute approximate surface area is 179 Å². The molecule has 1 heterocycles. The average Bonchev–Trinajstić information content (AvgIpc) is 2.76. The molecule has 1 aliphatic rings. The maximum atomic E-state index is 13.6. The summed E-state index contributed by atoms with van der Waals surface area (Å²) in [5.41, 5.74) is 1.69. The number of carbonyl (C=O) groups excluding carboxylic acids is 1. The molecule has 1 atom stereocenters. The van der Waals surface area contributed by atoms with Crippen LogP contribution in [0.2, 0.25) is 0 Å². The molecule has 0 aromatic heterocycles. The monoisotopic (exact) mass is 412 g/mol. The predicted octanol–water partition coefficient (Wildman–Crippen LogP) is 4.01. The average molecular weight is 413 g/mol. The van der Waals surface area contributed by atoms with Crippen LogP contribution in [0.3, 0.4) is 0 Å². The molecule has 1 aliphatic heterocycles. The summed E-state index contributed by atoms with van der Waals surface area (Å²) in [5, 5.41) is 0. The predicted molar refractivity (Wildman–Crippen MR) is 118 cm³/mol. The van der Waals surface area contributed by atoms with Gasteiger partial charge in [0.2, 0.25) is 5.75 Å². The topological polar surface area (TPSA) is 51.2 Å². The zero-order chi connectivity index (χ0) is 21.5. The highest BCUT2D eigenvalue weighted by molar-refractivity contribution is 5.96. The zero-order valence-electron chi connectivity index (χ0n) is 18.4. The van der Waals surface area contributed by atoms with Crippen LogP contribution in [0.5, 0.6) is 17.2 Å². The largest absolute Gasteiger partial charge is 0.490 e. The first-order valence-corrected chi connectivity index (χ1v) is 10.7. The molecule has 1 fully saturated rings. The Morgan fingerprint density at radius 1 is 0.933 bits per heavy atom. The van der Waals surface area contributed by atoms with Crippen molar-refractivity contribution in [3.05, 3.63) is 53.6 Å². The number of benzene rings is 2. The van der Waals surface area contributed by atoms with E-state index in [1.807, 2.05) is 43.9 Å². The minimum absolute atomic E-state index is 0.00453. The summed E-state index contributed by atoms with van der Waals surface area (Å²) in [6, 6.07) is 13.7. The summed E-state index contributed by atoms with van der Waals surface area (Å²) in [5.74, 6) is 1.61. The number of nitrogens with zero attached hydrogens (tertiary/aromatic N) is 2. The molecule has 1 amide bonds. The lowest BCUT2D eigenvalue weighted by molar-refractivity contribution is 0.0497. The van der Waals surface area contributed by atoms with Crippen molar-refractivity contribution in [2.24, 2.45) is 0 Å². The maximum absolute atomic E-state index is 13.6. The first-order chi connectivity index (χ1) is 14.6. The first kappa shape index (κ1) is 22.0. The summed E-state index contributed by atoms with van der Waals surface area (Å²) >= 11 is 0. The Morgan fingerprint density at radius 2 is 1.53 bits per heavy atom. The van der Waals surface area contributed by atoms with E-state index < -0.39 is 0 Å². The van der Waals surface area contributed by atoms with E-state index in [-0.39, 0.29) is 11.9 Å². The van der Waals surface area contributed by atoms with E-state index >= 15 is 0 Å². The van der Waals surface area contributed by atoms with Gasteiger partial charge in [-0.25, -0.2) is 0 Å². The van der Waals surface area contributed by atoms with E-state index in [4.69, 9.17) is 14.2 Å². The highest BCUT2D eigenvalue weighted by Gasteiger charge is 2.32. The molecule has 0 saturated carbocycles. The Balaban J connectivity index is 1.99. The van der Waals surface area contributed by atoms with Crippen molar-refractivity contribution in [1.82, 2.24) is 9.80 Å². The lowest BCUT2D eigenvalue weighted by Crippen LogP contribution is -2.49. The first-order valence-electron chi connectivity index (χ1n) is 10.7. The van der Waals surface area contributed by atoms with Crippen LogP contribution in [-0.4, -0.2) is 62.2 Å². The van der Waals surface area contributed by atoms with Gasteiger partial charge in [0.1, 0.15) is 0 Å². The summed E-state index contributed by atoms with van der Waals surface area (Å²) in [7, 11) is 2.09. The molecule has 3 rings (SSSR count). The van der Waals surface area contributed by atoms with Crippen LogP contribution < -0.4 is 14.2 Å². The van der Waals surface area contributed by atoms with Gasteiger partial charge in [-0.3, -0.25) is 4.79 Å². The van der Waals surface area contributed by atoms with Crippen LogP contribution in [0.25, 0.3) is 0 Å². The standard InChI is InChI=1S/C24H32N2O4/c1-5-28-21-15-19(16-22(29-6-2)23(21)30-7-3)24(27)26-14-13-25(4)17-20(26)18-11-9-8-10-12-18/h8-12,15-16,20H,5-7,13-14,17H2,1-4H3/t20-/m0/s1. The van der Waals surface area contributed by atoms with Crippen molar-refractivity contribution >= 4 is 5.91 Å². The number of rotatable bonds is 8. The van der Waals surface area contributed by atoms with Gasteiger partial charge in [-0.2, -0.15) is 0 Å². The molecule has 1 saturated heterocycles. The fraction of sp³-hybridized carbons (Fsp3) is 0.458. The van der Waals surface area contributed by atoms with Crippen molar-refractivity contribution in [3.63, 3.8) is 0 Å². The third-order valence-corrected chi connectivity index (χ3v) is 5.18. The van der Waals surface area contributed by atoms with Crippen LogP contribution in [0.1, 0.15) is 42.7 Å². The number of hydrogen-bond donors (Lipinski definition) is 0. The lowest BCUT2D eigenvalue weighted by atomic mass is 10.0. The van der Waals surface area contributed by atoms with Crippen LogP contribution in [-0.2, 0) is 0 Å². The Hall–Kier alpha value is -2.73. The fourth-order valence-corrected chi connectivity index (χ4v) is 3.80. The summed E-state index contributed by atoms with van der Waals surface area (Å²) in [6.07, 6.45) is 0. The summed E-state index contributed by atoms with van der Waals surface area (Å²) in [4.78, 5) is 17.8. The molecule has 0 aliphatic carbocycles. The molecule has 0 radical (unpaired) electrons. The summed E-state index contributed by atoms with van der Waals surface area (Å²) < 4.78 is 17.4. The van der Waals surface area contributed by atoms with Crippen molar-refractivity contribution in [1.29, 1.82) is 0 Å². The molecule has 6 nitrogen and oxygen atoms in total. The Bertz CT molecular complexity index is 813. The number of ether oxygens (including phenoxy) is 3. The van der Waals surface area contributed by atoms with Crippen LogP contribution >= 0.6 is 0 Å². The van der Waals surface area contributed by atoms with Gasteiger partial charge < -0.3 is 24.0 Å². The van der Waals surface area contributed by atoms with Crippen molar-refractivity contribution in [2.75, 3.05) is 46.5 Å². The molecule has 2 aromatic carbocycles. The van der Waals surface area contributed by atoms with E-state index in [2.05, 4.69) is 24.1 Å². The summed E-state index contributed by atoms with van der Waals surface area (Å²) in [6.45, 7) is 9.48. The van der Waals surface area contributed by atoms with Gasteiger partial charge >= 0.3 is 0 Å². The second-order valence-corrected chi connectivity index (χ2v) is 7.29. The van der Waals surface area contributed by atoms with Gasteiger partial charge in [0.05, 0.1) is 25.9 Å². The lowest BCUT2D eigenvalue weighted by Gasteiger charge is -2.40. The van der Waals surface area contributed by atoms with Crippen molar-refractivity contribution in [3.8, 4) is 17.2 Å². The zero-order valence-corrected chi connectivity index (χ0v) is 18.4. The number of hydrogen-bond acceptors (Lipinski definition) is 5. The van der Waals surface area contributed by atoms with Gasteiger partial charge in [0, 0.05) is 25.2 Å². The molecular weight excluding hydrogens is 380 g/mol. The van der Waals surface area contributed by atoms with E-state index in [9.17, 15) is 4.79 Å². The van der Waals surface area contributed by atoms with Crippen LogP contribution in [0.4, 0.5) is 0 Å². The minimum Gasteiger partial charge on any atom is -0.490 e. The highest BCUT2D eigenvalue weighted by atomic mass is 16.5. The molecule has 0 spiro atoms. The normalized spacial score (nSPS) is 16.9. The smallest absolute Gasteiger partial charge is 0.254 e. The van der Waals surface area contributed by atoms with Gasteiger partial charge in [-0.05, 0) is 45.5 Å². The number of amides is 1. The van der Waals surface area contributed by atoms with Crippen molar-refractivity contribution < 1.29 is 19.0 Å². The van der Waals surface area contributed by atoms with E-state index in [1.165, 1.54) is 0 Å². The third kappa shape index (κ3) is 4.87. The SMILES string of the molecule is CCOc1cc(C(=O)N2CCN(C)C[C@H]2c2ccccc2)cc(OCC)c1OCC. The molecule has 162 valence electrons. The number of piperazine rings is 1. The second-order valence-electron chi connectivity index (χ2n) is 7.29. The second kappa shape index (κ2) is 10.3. The van der Waals surface area contributed by atoms with Gasteiger partial charge in [0.25, 0.3) is 5.91 Å². The van der Waals surface area contributed by atoms with Crippen LogP contribution in [0.15, 0.2) is 42.5 Å². The maximum Gasteiger partial charge on any atom is 0.254 e.